The molecule has 0 radical (unpaired) electrons. The highest BCUT2D eigenvalue weighted by atomic mass is 35.5. The Labute approximate surface area is 133 Å². The van der Waals surface area contributed by atoms with Gasteiger partial charge in [0.1, 0.15) is 17.6 Å². The Bertz CT molecular complexity index is 662. The SMILES string of the molecule is COc1ccc(NC(=O)C(C)Nc2ccc(F)cc2)cc1Cl. The van der Waals surface area contributed by atoms with Gasteiger partial charge in [-0.05, 0) is 49.4 Å². The van der Waals surface area contributed by atoms with Crippen LogP contribution in [0.1, 0.15) is 6.92 Å². The highest BCUT2D eigenvalue weighted by molar-refractivity contribution is 6.32. The van der Waals surface area contributed by atoms with E-state index in [0.717, 1.165) is 0 Å². The van der Waals surface area contributed by atoms with Crippen molar-refractivity contribution in [3.05, 3.63) is 53.3 Å². The van der Waals surface area contributed by atoms with Crippen molar-refractivity contribution in [3.63, 3.8) is 0 Å². The van der Waals surface area contributed by atoms with Crippen molar-refractivity contribution < 1.29 is 13.9 Å². The normalized spacial score (nSPS) is 11.6. The Morgan fingerprint density at radius 3 is 2.41 bits per heavy atom. The van der Waals surface area contributed by atoms with Crippen molar-refractivity contribution in [2.75, 3.05) is 17.7 Å². The predicted octanol–water partition coefficient (Wildman–Crippen LogP) is 3.93. The molecule has 2 N–H and O–H groups in total. The summed E-state index contributed by atoms with van der Waals surface area (Å²) in [6.45, 7) is 1.71. The summed E-state index contributed by atoms with van der Waals surface area (Å²) in [5.74, 6) is -0.0155. The Morgan fingerprint density at radius 1 is 1.18 bits per heavy atom. The second-order valence-corrected chi connectivity index (χ2v) is 5.12. The van der Waals surface area contributed by atoms with E-state index in [1.165, 1.54) is 19.2 Å². The fraction of sp³-hybridized carbons (Fsp3) is 0.188. The van der Waals surface area contributed by atoms with E-state index in [1.807, 2.05) is 0 Å². The number of nitrogens with one attached hydrogen (secondary N) is 2. The predicted molar refractivity (Wildman–Crippen MR) is 86.1 cm³/mol. The van der Waals surface area contributed by atoms with Gasteiger partial charge in [-0.15, -0.1) is 0 Å². The number of halogens is 2. The van der Waals surface area contributed by atoms with Crippen molar-refractivity contribution in [3.8, 4) is 5.75 Å². The van der Waals surface area contributed by atoms with Gasteiger partial charge in [0.15, 0.2) is 0 Å². The summed E-state index contributed by atoms with van der Waals surface area (Å²) >= 11 is 6.01. The van der Waals surface area contributed by atoms with E-state index < -0.39 is 6.04 Å². The summed E-state index contributed by atoms with van der Waals surface area (Å²) in [5, 5.41) is 6.16. The number of carbonyl (C=O) groups excluding carboxylic acids is 1. The summed E-state index contributed by atoms with van der Waals surface area (Å²) in [4.78, 5) is 12.1. The van der Waals surface area contributed by atoms with E-state index in [-0.39, 0.29) is 11.7 Å². The molecule has 6 heteroatoms. The number of hydrogen-bond donors (Lipinski definition) is 2. The third-order valence-electron chi connectivity index (χ3n) is 3.04. The molecule has 0 saturated carbocycles. The molecule has 116 valence electrons. The summed E-state index contributed by atoms with van der Waals surface area (Å²) in [7, 11) is 1.52. The van der Waals surface area contributed by atoms with Gasteiger partial charge in [0.25, 0.3) is 0 Å². The Morgan fingerprint density at radius 2 is 1.82 bits per heavy atom. The van der Waals surface area contributed by atoms with Crippen molar-refractivity contribution in [1.29, 1.82) is 0 Å². The number of amides is 1. The maximum absolute atomic E-state index is 12.8. The molecule has 2 aromatic carbocycles. The van der Waals surface area contributed by atoms with Crippen LogP contribution in [0.25, 0.3) is 0 Å². The molecule has 22 heavy (non-hydrogen) atoms. The van der Waals surface area contributed by atoms with E-state index in [0.29, 0.717) is 22.1 Å². The average Bonchev–Trinajstić information content (AvgIpc) is 2.49. The van der Waals surface area contributed by atoms with Crippen LogP contribution in [0, 0.1) is 5.82 Å². The smallest absolute Gasteiger partial charge is 0.246 e. The van der Waals surface area contributed by atoms with Crippen molar-refractivity contribution in [2.24, 2.45) is 0 Å². The van der Waals surface area contributed by atoms with E-state index >= 15 is 0 Å². The van der Waals surface area contributed by atoms with Gasteiger partial charge in [0.05, 0.1) is 12.1 Å². The Hall–Kier alpha value is -2.27. The molecule has 2 aromatic rings. The van der Waals surface area contributed by atoms with Crippen LogP contribution < -0.4 is 15.4 Å². The minimum Gasteiger partial charge on any atom is -0.495 e. The van der Waals surface area contributed by atoms with Gasteiger partial charge in [-0.25, -0.2) is 4.39 Å². The molecule has 0 fully saturated rings. The lowest BCUT2D eigenvalue weighted by Gasteiger charge is -2.15. The Balaban J connectivity index is 1.99. The molecule has 0 aliphatic heterocycles. The third kappa shape index (κ3) is 4.11. The summed E-state index contributed by atoms with van der Waals surface area (Å²) in [5.41, 5.74) is 1.24. The largest absolute Gasteiger partial charge is 0.495 e. The highest BCUT2D eigenvalue weighted by Gasteiger charge is 2.13. The maximum atomic E-state index is 12.8. The van der Waals surface area contributed by atoms with Gasteiger partial charge >= 0.3 is 0 Å². The molecular formula is C16H16ClFN2O2. The molecule has 1 atom stereocenters. The van der Waals surface area contributed by atoms with Crippen LogP contribution in [0.4, 0.5) is 15.8 Å². The van der Waals surface area contributed by atoms with E-state index in [2.05, 4.69) is 10.6 Å². The average molecular weight is 323 g/mol. The lowest BCUT2D eigenvalue weighted by molar-refractivity contribution is -0.116. The number of benzene rings is 2. The molecule has 0 aromatic heterocycles. The first-order chi connectivity index (χ1) is 10.5. The fourth-order valence-corrected chi connectivity index (χ4v) is 2.11. The van der Waals surface area contributed by atoms with Crippen LogP contribution in [0.15, 0.2) is 42.5 Å². The van der Waals surface area contributed by atoms with Crippen molar-refractivity contribution >= 4 is 28.9 Å². The number of ether oxygens (including phenoxy) is 1. The molecule has 2 rings (SSSR count). The van der Waals surface area contributed by atoms with Gasteiger partial charge < -0.3 is 15.4 Å². The van der Waals surface area contributed by atoms with Crippen LogP contribution in [0.2, 0.25) is 5.02 Å². The second-order valence-electron chi connectivity index (χ2n) is 4.71. The van der Waals surface area contributed by atoms with Crippen molar-refractivity contribution in [1.82, 2.24) is 0 Å². The van der Waals surface area contributed by atoms with Gasteiger partial charge in [-0.3, -0.25) is 4.79 Å². The quantitative estimate of drug-likeness (QED) is 0.877. The lowest BCUT2D eigenvalue weighted by atomic mass is 10.2. The van der Waals surface area contributed by atoms with E-state index in [9.17, 15) is 9.18 Å². The zero-order valence-corrected chi connectivity index (χ0v) is 12.9. The zero-order valence-electron chi connectivity index (χ0n) is 12.2. The topological polar surface area (TPSA) is 50.4 Å². The monoisotopic (exact) mass is 322 g/mol. The number of methoxy groups -OCH3 is 1. The molecule has 1 unspecified atom stereocenters. The number of rotatable bonds is 5. The summed E-state index contributed by atoms with van der Waals surface area (Å²) in [6.07, 6.45) is 0. The molecule has 0 saturated heterocycles. The standard InChI is InChI=1S/C16H16ClFN2O2/c1-10(19-12-5-3-11(18)4-6-12)16(21)20-13-7-8-15(22-2)14(17)9-13/h3-10,19H,1-2H3,(H,20,21). The second kappa shape index (κ2) is 7.13. The summed E-state index contributed by atoms with van der Waals surface area (Å²) in [6, 6.07) is 10.3. The fourth-order valence-electron chi connectivity index (χ4n) is 1.86. The molecule has 0 spiro atoms. The molecule has 0 aliphatic carbocycles. The minimum atomic E-state index is -0.494. The molecule has 0 heterocycles. The molecule has 0 aliphatic rings. The highest BCUT2D eigenvalue weighted by Crippen LogP contribution is 2.27. The Kier molecular flexibility index (Phi) is 5.22. The number of anilines is 2. The molecule has 1 amide bonds. The lowest BCUT2D eigenvalue weighted by Crippen LogP contribution is -2.31. The van der Waals surface area contributed by atoms with Crippen molar-refractivity contribution in [2.45, 2.75) is 13.0 Å². The van der Waals surface area contributed by atoms with Gasteiger partial charge in [-0.1, -0.05) is 11.6 Å². The summed E-state index contributed by atoms with van der Waals surface area (Å²) < 4.78 is 17.9. The first-order valence-corrected chi connectivity index (χ1v) is 7.04. The molecule has 0 bridgehead atoms. The molecular weight excluding hydrogens is 307 g/mol. The van der Waals surface area contributed by atoms with Crippen LogP contribution in [-0.4, -0.2) is 19.1 Å². The maximum Gasteiger partial charge on any atom is 0.246 e. The minimum absolute atomic E-state index is 0.231. The van der Waals surface area contributed by atoms with Crippen LogP contribution in [-0.2, 0) is 4.79 Å². The number of hydrogen-bond acceptors (Lipinski definition) is 3. The first kappa shape index (κ1) is 16.1. The van der Waals surface area contributed by atoms with Crippen LogP contribution >= 0.6 is 11.6 Å². The van der Waals surface area contributed by atoms with Gasteiger partial charge in [-0.2, -0.15) is 0 Å². The van der Waals surface area contributed by atoms with E-state index in [4.69, 9.17) is 16.3 Å². The zero-order chi connectivity index (χ0) is 16.1. The van der Waals surface area contributed by atoms with Crippen LogP contribution in [0.3, 0.4) is 0 Å². The third-order valence-corrected chi connectivity index (χ3v) is 3.34. The van der Waals surface area contributed by atoms with Crippen LogP contribution in [0.5, 0.6) is 5.75 Å². The first-order valence-electron chi connectivity index (χ1n) is 6.66. The van der Waals surface area contributed by atoms with Gasteiger partial charge in [0.2, 0.25) is 5.91 Å². The molecule has 4 nitrogen and oxygen atoms in total. The number of carbonyl (C=O) groups is 1. The van der Waals surface area contributed by atoms with Gasteiger partial charge in [0, 0.05) is 11.4 Å². The van der Waals surface area contributed by atoms with E-state index in [1.54, 1.807) is 37.3 Å².